The second kappa shape index (κ2) is 11.4. The molecule has 1 saturated heterocycles. The number of rotatable bonds is 11. The third kappa shape index (κ3) is 6.04. The molecule has 0 aromatic carbocycles. The number of hydroxylamine groups is 2. The number of halogens is 1. The minimum absolute atomic E-state index is 0.000844. The Kier molecular flexibility index (Phi) is 8.57. The fourth-order valence-electron chi connectivity index (χ4n) is 4.79. The van der Waals surface area contributed by atoms with Crippen LogP contribution in [0.15, 0.2) is 0 Å². The zero-order chi connectivity index (χ0) is 23.1. The number of hydrogen-bond donors (Lipinski definition) is 4. The van der Waals surface area contributed by atoms with E-state index in [-0.39, 0.29) is 37.2 Å². The standard InChI is InChI=1S/C21H33FN6O4/c1-14-23-19(18(22)20(24-14)28-9-4-7-17(28)8-10-29)25-26-21(31)16(12-27(32)13-30)11-15-5-2-3-6-15/h13,15-17,29,32H,2-12H2,1H3,(H,26,31)(H,23,24,25)/t16-,17+/m1/s1. The Hall–Kier alpha value is -2.53. The molecule has 0 bridgehead atoms. The van der Waals surface area contributed by atoms with Gasteiger partial charge >= 0.3 is 0 Å². The Bertz CT molecular complexity index is 792. The largest absolute Gasteiger partial charge is 0.396 e. The van der Waals surface area contributed by atoms with Crippen molar-refractivity contribution in [2.24, 2.45) is 11.8 Å². The summed E-state index contributed by atoms with van der Waals surface area (Å²) in [6.45, 7) is 2.15. The predicted octanol–water partition coefficient (Wildman–Crippen LogP) is 1.76. The van der Waals surface area contributed by atoms with Gasteiger partial charge in [0.25, 0.3) is 0 Å². The summed E-state index contributed by atoms with van der Waals surface area (Å²) in [5.74, 6) is -1.06. The fourth-order valence-corrected chi connectivity index (χ4v) is 4.79. The molecule has 10 nitrogen and oxygen atoms in total. The van der Waals surface area contributed by atoms with Crippen LogP contribution in [-0.4, -0.2) is 63.4 Å². The lowest BCUT2D eigenvalue weighted by Crippen LogP contribution is -2.41. The molecular formula is C21H33FN6O4. The van der Waals surface area contributed by atoms with Crippen LogP contribution < -0.4 is 15.8 Å². The number of nitrogens with zero attached hydrogens (tertiary/aromatic N) is 4. The number of hydrazine groups is 1. The number of aliphatic hydroxyl groups excluding tert-OH is 1. The van der Waals surface area contributed by atoms with Gasteiger partial charge in [-0.15, -0.1) is 0 Å². The normalized spacial score (nSPS) is 19.8. The Labute approximate surface area is 187 Å². The lowest BCUT2D eigenvalue weighted by atomic mass is 9.92. The van der Waals surface area contributed by atoms with Gasteiger partial charge in [-0.2, -0.15) is 4.39 Å². The highest BCUT2D eigenvalue weighted by atomic mass is 19.1. The third-order valence-corrected chi connectivity index (χ3v) is 6.35. The molecular weight excluding hydrogens is 419 g/mol. The van der Waals surface area contributed by atoms with Crippen LogP contribution in [0.1, 0.15) is 57.2 Å². The second-order valence-electron chi connectivity index (χ2n) is 8.68. The molecule has 2 atom stereocenters. The third-order valence-electron chi connectivity index (χ3n) is 6.35. The summed E-state index contributed by atoms with van der Waals surface area (Å²) >= 11 is 0. The van der Waals surface area contributed by atoms with E-state index in [1.807, 2.05) is 4.90 Å². The molecule has 1 aromatic rings. The van der Waals surface area contributed by atoms with Gasteiger partial charge in [0.05, 0.1) is 12.5 Å². The van der Waals surface area contributed by atoms with Gasteiger partial charge in [-0.25, -0.2) is 15.0 Å². The first-order chi connectivity index (χ1) is 15.4. The van der Waals surface area contributed by atoms with Crippen LogP contribution in [0.4, 0.5) is 16.0 Å². The van der Waals surface area contributed by atoms with E-state index in [4.69, 9.17) is 0 Å². The Morgan fingerprint density at radius 3 is 2.75 bits per heavy atom. The van der Waals surface area contributed by atoms with Gasteiger partial charge in [0.15, 0.2) is 11.6 Å². The van der Waals surface area contributed by atoms with E-state index < -0.39 is 17.6 Å². The van der Waals surface area contributed by atoms with Crippen molar-refractivity contribution in [3.05, 3.63) is 11.6 Å². The number of aliphatic hydroxyl groups is 1. The van der Waals surface area contributed by atoms with E-state index >= 15 is 4.39 Å². The first kappa shape index (κ1) is 24.1. The maximum absolute atomic E-state index is 15.2. The van der Waals surface area contributed by atoms with E-state index in [9.17, 15) is 19.9 Å². The molecule has 2 fully saturated rings. The van der Waals surface area contributed by atoms with E-state index in [0.717, 1.165) is 38.5 Å². The minimum Gasteiger partial charge on any atom is -0.396 e. The van der Waals surface area contributed by atoms with Crippen molar-refractivity contribution >= 4 is 24.0 Å². The lowest BCUT2D eigenvalue weighted by Gasteiger charge is -2.26. The smallest absolute Gasteiger partial charge is 0.243 e. The number of carbonyl (C=O) groups excluding carboxylic acids is 2. The fraction of sp³-hybridized carbons (Fsp3) is 0.714. The molecule has 1 aliphatic heterocycles. The van der Waals surface area contributed by atoms with Gasteiger partial charge in [0.2, 0.25) is 18.1 Å². The number of carbonyl (C=O) groups is 2. The Morgan fingerprint density at radius 1 is 1.31 bits per heavy atom. The van der Waals surface area contributed by atoms with Crippen LogP contribution >= 0.6 is 0 Å². The van der Waals surface area contributed by atoms with E-state index in [0.29, 0.717) is 36.2 Å². The maximum atomic E-state index is 15.2. The summed E-state index contributed by atoms with van der Waals surface area (Å²) in [4.78, 5) is 33.8. The summed E-state index contributed by atoms with van der Waals surface area (Å²) < 4.78 is 15.2. The monoisotopic (exact) mass is 452 g/mol. The zero-order valence-electron chi connectivity index (χ0n) is 18.5. The summed E-state index contributed by atoms with van der Waals surface area (Å²) in [5.41, 5.74) is 5.06. The summed E-state index contributed by atoms with van der Waals surface area (Å²) in [5, 5.41) is 19.4. The average molecular weight is 453 g/mol. The molecule has 0 radical (unpaired) electrons. The van der Waals surface area contributed by atoms with Crippen molar-refractivity contribution in [2.75, 3.05) is 30.0 Å². The quantitative estimate of drug-likeness (QED) is 0.227. The molecule has 178 valence electrons. The van der Waals surface area contributed by atoms with Crippen molar-refractivity contribution in [3.63, 3.8) is 0 Å². The van der Waals surface area contributed by atoms with Crippen LogP contribution in [0.25, 0.3) is 0 Å². The van der Waals surface area contributed by atoms with Crippen molar-refractivity contribution in [2.45, 2.75) is 64.3 Å². The molecule has 2 heterocycles. The number of aryl methyl sites for hydroxylation is 1. The van der Waals surface area contributed by atoms with Crippen LogP contribution in [0, 0.1) is 24.6 Å². The van der Waals surface area contributed by atoms with Gasteiger partial charge in [0.1, 0.15) is 5.82 Å². The Morgan fingerprint density at radius 2 is 2.06 bits per heavy atom. The minimum atomic E-state index is -0.676. The maximum Gasteiger partial charge on any atom is 0.243 e. The molecule has 2 amide bonds. The highest BCUT2D eigenvalue weighted by molar-refractivity contribution is 5.80. The number of hydrogen-bond acceptors (Lipinski definition) is 8. The van der Waals surface area contributed by atoms with Crippen LogP contribution in [0.3, 0.4) is 0 Å². The highest BCUT2D eigenvalue weighted by Gasteiger charge is 2.30. The molecule has 32 heavy (non-hydrogen) atoms. The van der Waals surface area contributed by atoms with Gasteiger partial charge in [-0.1, -0.05) is 25.7 Å². The molecule has 0 spiro atoms. The number of amides is 2. The SMILES string of the molecule is Cc1nc(NNC(=O)[C@H](CC2CCCC2)CN(O)C=O)c(F)c(N2CCC[C@H]2CCO)n1. The van der Waals surface area contributed by atoms with Crippen molar-refractivity contribution < 1.29 is 24.3 Å². The molecule has 11 heteroatoms. The number of nitrogens with one attached hydrogen (secondary N) is 2. The van der Waals surface area contributed by atoms with E-state index in [2.05, 4.69) is 20.8 Å². The van der Waals surface area contributed by atoms with E-state index in [1.165, 1.54) is 0 Å². The van der Waals surface area contributed by atoms with Crippen molar-refractivity contribution in [1.29, 1.82) is 0 Å². The van der Waals surface area contributed by atoms with Gasteiger partial charge < -0.3 is 10.0 Å². The Balaban J connectivity index is 1.70. The molecule has 4 N–H and O–H groups in total. The second-order valence-corrected chi connectivity index (χ2v) is 8.68. The molecule has 1 aromatic heterocycles. The van der Waals surface area contributed by atoms with Crippen LogP contribution in [-0.2, 0) is 9.59 Å². The first-order valence-corrected chi connectivity index (χ1v) is 11.3. The lowest BCUT2D eigenvalue weighted by molar-refractivity contribution is -0.154. The average Bonchev–Trinajstić information content (AvgIpc) is 3.45. The molecule has 2 aliphatic rings. The summed E-state index contributed by atoms with van der Waals surface area (Å²) in [6.07, 6.45) is 7.29. The predicted molar refractivity (Wildman–Crippen MR) is 115 cm³/mol. The van der Waals surface area contributed by atoms with E-state index in [1.54, 1.807) is 6.92 Å². The van der Waals surface area contributed by atoms with Crippen molar-refractivity contribution in [3.8, 4) is 0 Å². The van der Waals surface area contributed by atoms with Crippen LogP contribution in [0.2, 0.25) is 0 Å². The molecule has 1 saturated carbocycles. The topological polar surface area (TPSA) is 131 Å². The first-order valence-electron chi connectivity index (χ1n) is 11.3. The zero-order valence-corrected chi connectivity index (χ0v) is 18.5. The van der Waals surface area contributed by atoms with Gasteiger partial charge in [-0.3, -0.25) is 25.6 Å². The van der Waals surface area contributed by atoms with Gasteiger partial charge in [0, 0.05) is 19.2 Å². The molecule has 3 rings (SSSR count). The summed E-state index contributed by atoms with van der Waals surface area (Å²) in [7, 11) is 0. The summed E-state index contributed by atoms with van der Waals surface area (Å²) in [6, 6.07) is 0.000844. The van der Waals surface area contributed by atoms with Crippen molar-refractivity contribution in [1.82, 2.24) is 20.5 Å². The molecule has 1 aliphatic carbocycles. The van der Waals surface area contributed by atoms with Gasteiger partial charge in [-0.05, 0) is 38.5 Å². The number of aromatic nitrogens is 2. The molecule has 0 unspecified atom stereocenters. The number of anilines is 2. The van der Waals surface area contributed by atoms with Crippen LogP contribution in [0.5, 0.6) is 0 Å². The highest BCUT2D eigenvalue weighted by Crippen LogP contribution is 2.32.